The van der Waals surface area contributed by atoms with E-state index >= 15 is 0 Å². The Morgan fingerprint density at radius 2 is 2.07 bits per heavy atom. The van der Waals surface area contributed by atoms with Crippen LogP contribution >= 0.6 is 0 Å². The summed E-state index contributed by atoms with van der Waals surface area (Å²) in [7, 11) is 1.62. The molecular weight excluding hydrogens is 194 g/mol. The van der Waals surface area contributed by atoms with Gasteiger partial charge in [0.25, 0.3) is 0 Å². The molecule has 1 aliphatic rings. The molecule has 90 valence electrons. The monoisotopic (exact) mass is 217 g/mol. The van der Waals surface area contributed by atoms with Crippen molar-refractivity contribution in [2.75, 3.05) is 46.4 Å². The lowest BCUT2D eigenvalue weighted by Crippen LogP contribution is -2.41. The molecule has 15 heavy (non-hydrogen) atoms. The highest BCUT2D eigenvalue weighted by atomic mass is 16.5. The van der Waals surface area contributed by atoms with Gasteiger partial charge in [-0.15, -0.1) is 0 Å². The molecule has 0 saturated carbocycles. The molecule has 3 N–H and O–H groups in total. The van der Waals surface area contributed by atoms with E-state index in [2.05, 4.69) is 4.90 Å². The number of hydroxylamine groups is 2. The van der Waals surface area contributed by atoms with Crippen LogP contribution in [0.4, 0.5) is 0 Å². The number of rotatable bonds is 6. The Balaban J connectivity index is 1.91. The Bertz CT molecular complexity index is 159. The SMILES string of the molecule is CN(O)CCOCCN1CCC(N)CC1. The first-order chi connectivity index (χ1) is 7.18. The molecule has 0 aromatic carbocycles. The number of likely N-dealkylation sites (N-methyl/N-ethyl adjacent to an activating group) is 1. The molecule has 5 nitrogen and oxygen atoms in total. The minimum Gasteiger partial charge on any atom is -0.379 e. The quantitative estimate of drug-likeness (QED) is 0.474. The minimum atomic E-state index is 0.394. The summed E-state index contributed by atoms with van der Waals surface area (Å²) in [6.07, 6.45) is 2.19. The topological polar surface area (TPSA) is 62.0 Å². The zero-order valence-corrected chi connectivity index (χ0v) is 9.56. The van der Waals surface area contributed by atoms with E-state index in [1.54, 1.807) is 7.05 Å². The van der Waals surface area contributed by atoms with Gasteiger partial charge in [0.15, 0.2) is 0 Å². The summed E-state index contributed by atoms with van der Waals surface area (Å²) < 4.78 is 5.40. The zero-order chi connectivity index (χ0) is 11.1. The summed E-state index contributed by atoms with van der Waals surface area (Å²) in [4.78, 5) is 2.38. The Labute approximate surface area is 91.7 Å². The first-order valence-corrected chi connectivity index (χ1v) is 5.64. The van der Waals surface area contributed by atoms with Gasteiger partial charge in [-0.25, -0.2) is 0 Å². The lowest BCUT2D eigenvalue weighted by molar-refractivity contribution is -0.0811. The fourth-order valence-corrected chi connectivity index (χ4v) is 1.67. The zero-order valence-electron chi connectivity index (χ0n) is 9.56. The molecule has 0 radical (unpaired) electrons. The summed E-state index contributed by atoms with van der Waals surface area (Å²) in [6.45, 7) is 5.03. The van der Waals surface area contributed by atoms with E-state index < -0.39 is 0 Å². The first kappa shape index (κ1) is 12.9. The van der Waals surface area contributed by atoms with E-state index in [0.29, 0.717) is 19.2 Å². The van der Waals surface area contributed by atoms with E-state index in [4.69, 9.17) is 15.7 Å². The van der Waals surface area contributed by atoms with Gasteiger partial charge in [-0.1, -0.05) is 0 Å². The van der Waals surface area contributed by atoms with Gasteiger partial charge in [0.2, 0.25) is 0 Å². The van der Waals surface area contributed by atoms with Gasteiger partial charge < -0.3 is 20.6 Å². The van der Waals surface area contributed by atoms with Crippen LogP contribution < -0.4 is 5.73 Å². The van der Waals surface area contributed by atoms with Crippen molar-refractivity contribution < 1.29 is 9.94 Å². The van der Waals surface area contributed by atoms with Crippen LogP contribution in [0.1, 0.15) is 12.8 Å². The molecule has 1 saturated heterocycles. The number of nitrogens with two attached hydrogens (primary N) is 1. The number of nitrogens with zero attached hydrogens (tertiary/aromatic N) is 2. The third-order valence-corrected chi connectivity index (χ3v) is 2.74. The summed E-state index contributed by atoms with van der Waals surface area (Å²) in [6, 6.07) is 0.394. The average molecular weight is 217 g/mol. The lowest BCUT2D eigenvalue weighted by atomic mass is 10.1. The van der Waals surface area contributed by atoms with E-state index in [0.717, 1.165) is 44.1 Å². The van der Waals surface area contributed by atoms with Crippen molar-refractivity contribution in [3.63, 3.8) is 0 Å². The molecule has 0 atom stereocenters. The van der Waals surface area contributed by atoms with Crippen molar-refractivity contribution in [3.8, 4) is 0 Å². The van der Waals surface area contributed by atoms with Crippen molar-refractivity contribution in [1.82, 2.24) is 9.96 Å². The molecular formula is C10H23N3O2. The van der Waals surface area contributed by atoms with Crippen molar-refractivity contribution in [2.45, 2.75) is 18.9 Å². The number of ether oxygens (including phenoxy) is 1. The van der Waals surface area contributed by atoms with E-state index in [-0.39, 0.29) is 0 Å². The molecule has 0 spiro atoms. The highest BCUT2D eigenvalue weighted by Crippen LogP contribution is 2.07. The Morgan fingerprint density at radius 3 is 2.67 bits per heavy atom. The van der Waals surface area contributed by atoms with E-state index in [1.165, 1.54) is 0 Å². The molecule has 5 heteroatoms. The maximum atomic E-state index is 8.86. The normalized spacial score (nSPS) is 20.0. The fourth-order valence-electron chi connectivity index (χ4n) is 1.67. The second-order valence-corrected chi connectivity index (χ2v) is 4.17. The van der Waals surface area contributed by atoms with Crippen LogP contribution in [-0.4, -0.2) is 67.7 Å². The van der Waals surface area contributed by atoms with Crippen molar-refractivity contribution in [3.05, 3.63) is 0 Å². The minimum absolute atomic E-state index is 0.394. The first-order valence-electron chi connectivity index (χ1n) is 5.64. The Kier molecular flexibility index (Phi) is 6.12. The van der Waals surface area contributed by atoms with Crippen LogP contribution in [0.2, 0.25) is 0 Å². The Hall–Kier alpha value is -0.200. The van der Waals surface area contributed by atoms with Crippen LogP contribution in [0.25, 0.3) is 0 Å². The predicted molar refractivity (Wildman–Crippen MR) is 58.9 cm³/mol. The second kappa shape index (κ2) is 7.14. The third-order valence-electron chi connectivity index (χ3n) is 2.74. The number of hydrogen-bond acceptors (Lipinski definition) is 5. The highest BCUT2D eigenvalue weighted by Gasteiger charge is 2.14. The molecule has 0 bridgehead atoms. The van der Waals surface area contributed by atoms with E-state index in [9.17, 15) is 0 Å². The van der Waals surface area contributed by atoms with Gasteiger partial charge in [-0.2, -0.15) is 5.06 Å². The highest BCUT2D eigenvalue weighted by molar-refractivity contribution is 4.73. The second-order valence-electron chi connectivity index (χ2n) is 4.17. The fraction of sp³-hybridized carbons (Fsp3) is 1.00. The van der Waals surface area contributed by atoms with Gasteiger partial charge in [-0.05, 0) is 25.9 Å². The van der Waals surface area contributed by atoms with Crippen molar-refractivity contribution >= 4 is 0 Å². The third kappa shape index (κ3) is 6.06. The Morgan fingerprint density at radius 1 is 1.40 bits per heavy atom. The molecule has 1 aliphatic heterocycles. The number of likely N-dealkylation sites (tertiary alicyclic amines) is 1. The van der Waals surface area contributed by atoms with Crippen molar-refractivity contribution in [2.24, 2.45) is 5.73 Å². The summed E-state index contributed by atoms with van der Waals surface area (Å²) >= 11 is 0. The van der Waals surface area contributed by atoms with Crippen LogP contribution in [0, 0.1) is 0 Å². The number of piperidine rings is 1. The molecule has 1 heterocycles. The maximum Gasteiger partial charge on any atom is 0.0617 e. The maximum absolute atomic E-state index is 8.86. The van der Waals surface area contributed by atoms with Crippen molar-refractivity contribution in [1.29, 1.82) is 0 Å². The standard InChI is InChI=1S/C10H23N3O2/c1-12(14)6-8-15-9-7-13-4-2-10(11)3-5-13/h10,14H,2-9,11H2,1H3. The summed E-state index contributed by atoms with van der Waals surface area (Å²) in [5, 5.41) is 10.00. The molecule has 0 aromatic rings. The molecule has 0 unspecified atom stereocenters. The van der Waals surface area contributed by atoms with Gasteiger partial charge >= 0.3 is 0 Å². The van der Waals surface area contributed by atoms with Crippen LogP contribution in [-0.2, 0) is 4.74 Å². The smallest absolute Gasteiger partial charge is 0.0617 e. The number of hydrogen-bond donors (Lipinski definition) is 2. The predicted octanol–water partition coefficient (Wildman–Crippen LogP) is -0.253. The molecule has 0 aromatic heterocycles. The van der Waals surface area contributed by atoms with E-state index in [1.807, 2.05) is 0 Å². The summed E-state index contributed by atoms with van der Waals surface area (Å²) in [5.41, 5.74) is 5.82. The lowest BCUT2D eigenvalue weighted by Gasteiger charge is -2.29. The molecule has 1 rings (SSSR count). The molecule has 0 amide bonds. The summed E-state index contributed by atoms with van der Waals surface area (Å²) in [5.74, 6) is 0. The van der Waals surface area contributed by atoms with Gasteiger partial charge in [0, 0.05) is 26.2 Å². The van der Waals surface area contributed by atoms with Gasteiger partial charge in [0.1, 0.15) is 0 Å². The van der Waals surface area contributed by atoms with Gasteiger partial charge in [0.05, 0.1) is 13.2 Å². The van der Waals surface area contributed by atoms with Crippen LogP contribution in [0.5, 0.6) is 0 Å². The van der Waals surface area contributed by atoms with Crippen LogP contribution in [0.15, 0.2) is 0 Å². The molecule has 1 fully saturated rings. The largest absolute Gasteiger partial charge is 0.379 e. The van der Waals surface area contributed by atoms with Gasteiger partial charge in [-0.3, -0.25) is 0 Å². The van der Waals surface area contributed by atoms with Crippen LogP contribution in [0.3, 0.4) is 0 Å². The molecule has 0 aliphatic carbocycles. The average Bonchev–Trinajstić information content (AvgIpc) is 2.20.